The summed E-state index contributed by atoms with van der Waals surface area (Å²) in [6.45, 7) is 2.98. The number of sulfone groups is 1. The van der Waals surface area contributed by atoms with Crippen molar-refractivity contribution >= 4 is 26.8 Å². The number of hydrogen-bond acceptors (Lipinski definition) is 5. The Hall–Kier alpha value is -2.55. The van der Waals surface area contributed by atoms with Gasteiger partial charge >= 0.3 is 0 Å². The first kappa shape index (κ1) is 26.1. The van der Waals surface area contributed by atoms with E-state index in [4.69, 9.17) is 4.98 Å². The molecule has 0 aliphatic heterocycles. The van der Waals surface area contributed by atoms with E-state index in [0.29, 0.717) is 12.0 Å². The fourth-order valence-electron chi connectivity index (χ4n) is 5.70. The van der Waals surface area contributed by atoms with Crippen LogP contribution in [-0.2, 0) is 9.84 Å². The molecule has 2 fully saturated rings. The Morgan fingerprint density at radius 3 is 2.43 bits per heavy atom. The summed E-state index contributed by atoms with van der Waals surface area (Å²) in [5, 5.41) is 3.52. The number of rotatable bonds is 8. The van der Waals surface area contributed by atoms with Crippen LogP contribution in [0.1, 0.15) is 83.6 Å². The molecule has 0 amide bonds. The molecule has 2 aromatic heterocycles. The third-order valence-electron chi connectivity index (χ3n) is 7.95. The Balaban J connectivity index is 1.46. The summed E-state index contributed by atoms with van der Waals surface area (Å²) in [7, 11) is -3.65. The number of nitrogens with zero attached hydrogens (tertiary/aromatic N) is 3. The molecule has 2 aliphatic rings. The van der Waals surface area contributed by atoms with Gasteiger partial charge in [0.05, 0.1) is 10.1 Å². The molecule has 200 valence electrons. The van der Waals surface area contributed by atoms with Gasteiger partial charge in [-0.15, -0.1) is 0 Å². The molecule has 9 heteroatoms. The monoisotopic (exact) mass is 530 g/mol. The molecule has 0 spiro atoms. The first-order chi connectivity index (χ1) is 17.8. The first-order valence-corrected chi connectivity index (χ1v) is 15.2. The lowest BCUT2D eigenvalue weighted by atomic mass is 9.95. The minimum Gasteiger partial charge on any atom is -0.354 e. The third-order valence-corrected chi connectivity index (χ3v) is 10.2. The minimum atomic E-state index is -3.65. The Bertz CT molecular complexity index is 1320. The molecule has 3 aromatic rings. The Labute approximate surface area is 217 Å². The zero-order valence-electron chi connectivity index (χ0n) is 21.4. The SMILES string of the molecule is CCCCNc1ncc2c(-c3ccc(S(=O)(=O)C4CCC(F)(F)CC4)cc3)cn(C3CCCCC3)c2n1. The number of benzene rings is 1. The number of fused-ring (bicyclic) bond motifs is 1. The molecular weight excluding hydrogens is 494 g/mol. The van der Waals surface area contributed by atoms with Crippen molar-refractivity contribution in [1.29, 1.82) is 0 Å². The van der Waals surface area contributed by atoms with Crippen LogP contribution in [0.2, 0.25) is 0 Å². The van der Waals surface area contributed by atoms with Crippen LogP contribution in [-0.4, -0.2) is 40.7 Å². The van der Waals surface area contributed by atoms with Crippen LogP contribution >= 0.6 is 0 Å². The molecule has 0 unspecified atom stereocenters. The van der Waals surface area contributed by atoms with Gasteiger partial charge in [-0.25, -0.2) is 22.2 Å². The number of nitrogens with one attached hydrogen (secondary N) is 1. The van der Waals surface area contributed by atoms with Crippen LogP contribution in [0, 0.1) is 0 Å². The fourth-order valence-corrected chi connectivity index (χ4v) is 7.46. The summed E-state index contributed by atoms with van der Waals surface area (Å²) in [5.41, 5.74) is 2.77. The summed E-state index contributed by atoms with van der Waals surface area (Å²) >= 11 is 0. The van der Waals surface area contributed by atoms with Crippen LogP contribution in [0.3, 0.4) is 0 Å². The Morgan fingerprint density at radius 1 is 1.05 bits per heavy atom. The minimum absolute atomic E-state index is 0.00206. The van der Waals surface area contributed by atoms with Gasteiger partial charge in [-0.2, -0.15) is 4.98 Å². The number of aromatic nitrogens is 3. The number of hydrogen-bond donors (Lipinski definition) is 1. The Kier molecular flexibility index (Phi) is 7.52. The standard InChI is InChI=1S/C28H36F2N4O2S/c1-2-3-17-31-27-32-18-24-25(19-34(26(24)33-27)21-7-5-4-6-8-21)20-9-11-22(12-10-20)37(35,36)23-13-15-28(29,30)16-14-23/h9-12,18-19,21,23H,2-8,13-17H2,1H3,(H,31,32,33). The number of halogens is 2. The third kappa shape index (κ3) is 5.52. The second-order valence-corrected chi connectivity index (χ2v) is 12.8. The highest BCUT2D eigenvalue weighted by molar-refractivity contribution is 7.92. The number of unbranched alkanes of at least 4 members (excludes halogenated alkanes) is 1. The van der Waals surface area contributed by atoms with Crippen molar-refractivity contribution in [2.45, 2.75) is 99.7 Å². The summed E-state index contributed by atoms with van der Waals surface area (Å²) in [5.74, 6) is -2.13. The summed E-state index contributed by atoms with van der Waals surface area (Å²) in [6, 6.07) is 7.24. The van der Waals surface area contributed by atoms with E-state index in [2.05, 4.69) is 28.0 Å². The molecule has 6 nitrogen and oxygen atoms in total. The highest BCUT2D eigenvalue weighted by atomic mass is 32.2. The summed E-state index contributed by atoms with van der Waals surface area (Å²) < 4.78 is 55.7. The molecule has 37 heavy (non-hydrogen) atoms. The van der Waals surface area contributed by atoms with Gasteiger partial charge in [0.1, 0.15) is 5.65 Å². The van der Waals surface area contributed by atoms with Gasteiger partial charge in [0, 0.05) is 48.8 Å². The number of alkyl halides is 2. The molecule has 2 saturated carbocycles. The zero-order valence-corrected chi connectivity index (χ0v) is 22.2. The van der Waals surface area contributed by atoms with Crippen molar-refractivity contribution in [2.75, 3.05) is 11.9 Å². The van der Waals surface area contributed by atoms with Crippen LogP contribution in [0.4, 0.5) is 14.7 Å². The summed E-state index contributed by atoms with van der Waals surface area (Å²) in [6.07, 6.45) is 11.3. The highest BCUT2D eigenvalue weighted by Gasteiger charge is 2.40. The van der Waals surface area contributed by atoms with Crippen LogP contribution in [0.25, 0.3) is 22.2 Å². The topological polar surface area (TPSA) is 76.9 Å². The maximum Gasteiger partial charge on any atom is 0.248 e. The molecule has 0 bridgehead atoms. The highest BCUT2D eigenvalue weighted by Crippen LogP contribution is 2.39. The second-order valence-electron chi connectivity index (χ2n) is 10.6. The van der Waals surface area contributed by atoms with E-state index in [1.165, 1.54) is 19.3 Å². The maximum absolute atomic E-state index is 13.6. The van der Waals surface area contributed by atoms with E-state index in [0.717, 1.165) is 54.4 Å². The predicted molar refractivity (Wildman–Crippen MR) is 143 cm³/mol. The lowest BCUT2D eigenvalue weighted by molar-refractivity contribution is -0.0328. The largest absolute Gasteiger partial charge is 0.354 e. The predicted octanol–water partition coefficient (Wildman–Crippen LogP) is 7.17. The molecular formula is C28H36F2N4O2S. The van der Waals surface area contributed by atoms with Crippen LogP contribution in [0.15, 0.2) is 41.6 Å². The molecule has 0 saturated heterocycles. The maximum atomic E-state index is 13.6. The van der Waals surface area contributed by atoms with E-state index in [9.17, 15) is 17.2 Å². The van der Waals surface area contributed by atoms with Crippen molar-refractivity contribution in [3.8, 4) is 11.1 Å². The van der Waals surface area contributed by atoms with Crippen LogP contribution < -0.4 is 5.32 Å². The Morgan fingerprint density at radius 2 is 1.76 bits per heavy atom. The molecule has 5 rings (SSSR count). The van der Waals surface area contributed by atoms with Gasteiger partial charge in [0.2, 0.25) is 11.9 Å². The van der Waals surface area contributed by atoms with E-state index in [1.807, 2.05) is 18.3 Å². The molecule has 0 atom stereocenters. The van der Waals surface area contributed by atoms with Gasteiger partial charge in [0.25, 0.3) is 0 Å². The van der Waals surface area contributed by atoms with Crippen molar-refractivity contribution in [2.24, 2.45) is 0 Å². The summed E-state index contributed by atoms with van der Waals surface area (Å²) in [4.78, 5) is 9.64. The average Bonchev–Trinajstić information content (AvgIpc) is 3.28. The average molecular weight is 531 g/mol. The molecule has 1 aromatic carbocycles. The van der Waals surface area contributed by atoms with Gasteiger partial charge in [-0.1, -0.05) is 44.7 Å². The molecule has 1 N–H and O–H groups in total. The van der Waals surface area contributed by atoms with Gasteiger partial charge in [-0.3, -0.25) is 0 Å². The number of anilines is 1. The lowest BCUT2D eigenvalue weighted by Crippen LogP contribution is -2.32. The molecule has 2 aliphatic carbocycles. The van der Waals surface area contributed by atoms with E-state index in [-0.39, 0.29) is 30.6 Å². The van der Waals surface area contributed by atoms with Gasteiger partial charge in [-0.05, 0) is 49.8 Å². The smallest absolute Gasteiger partial charge is 0.248 e. The van der Waals surface area contributed by atoms with Gasteiger partial charge < -0.3 is 9.88 Å². The van der Waals surface area contributed by atoms with Crippen molar-refractivity contribution in [1.82, 2.24) is 14.5 Å². The second kappa shape index (κ2) is 10.7. The van der Waals surface area contributed by atoms with Crippen molar-refractivity contribution < 1.29 is 17.2 Å². The lowest BCUT2D eigenvalue weighted by Gasteiger charge is -2.28. The van der Waals surface area contributed by atoms with E-state index < -0.39 is 21.0 Å². The molecule has 0 radical (unpaired) electrons. The fraction of sp³-hybridized carbons (Fsp3) is 0.571. The van der Waals surface area contributed by atoms with E-state index in [1.54, 1.807) is 12.1 Å². The van der Waals surface area contributed by atoms with Gasteiger partial charge in [0.15, 0.2) is 9.84 Å². The van der Waals surface area contributed by atoms with E-state index >= 15 is 0 Å². The van der Waals surface area contributed by atoms with Crippen molar-refractivity contribution in [3.05, 3.63) is 36.7 Å². The zero-order chi connectivity index (χ0) is 26.0. The quantitative estimate of drug-likeness (QED) is 0.313. The normalized spacial score (nSPS) is 19.3. The molecule has 2 heterocycles. The van der Waals surface area contributed by atoms with Crippen molar-refractivity contribution in [3.63, 3.8) is 0 Å². The van der Waals surface area contributed by atoms with Crippen LogP contribution in [0.5, 0.6) is 0 Å². The first-order valence-electron chi connectivity index (χ1n) is 13.6.